The van der Waals surface area contributed by atoms with Crippen LogP contribution in [0.15, 0.2) is 53.8 Å². The van der Waals surface area contributed by atoms with E-state index in [-0.39, 0.29) is 11.6 Å². The van der Waals surface area contributed by atoms with E-state index in [1.54, 1.807) is 30.9 Å². The van der Waals surface area contributed by atoms with E-state index in [4.69, 9.17) is 11.6 Å². The van der Waals surface area contributed by atoms with Gasteiger partial charge in [0.25, 0.3) is 5.56 Å². The predicted molar refractivity (Wildman–Crippen MR) is 106 cm³/mol. The number of halogens is 1. The van der Waals surface area contributed by atoms with E-state index in [1.807, 2.05) is 36.7 Å². The van der Waals surface area contributed by atoms with Crippen LogP contribution in [0.1, 0.15) is 18.5 Å². The second-order valence-electron chi connectivity index (χ2n) is 6.31. The Kier molecular flexibility index (Phi) is 4.37. The number of anilines is 1. The molecule has 0 aliphatic heterocycles. The van der Waals surface area contributed by atoms with E-state index in [2.05, 4.69) is 25.3 Å². The summed E-state index contributed by atoms with van der Waals surface area (Å²) in [6.45, 7) is 1.89. The van der Waals surface area contributed by atoms with Crippen molar-refractivity contribution in [1.82, 2.24) is 24.5 Å². The van der Waals surface area contributed by atoms with Crippen LogP contribution in [-0.2, 0) is 7.05 Å². The van der Waals surface area contributed by atoms with Gasteiger partial charge in [0.1, 0.15) is 0 Å². The van der Waals surface area contributed by atoms with Crippen LogP contribution in [0.5, 0.6) is 0 Å². The van der Waals surface area contributed by atoms with E-state index >= 15 is 0 Å². The first-order valence-corrected chi connectivity index (χ1v) is 8.78. The molecule has 3 heterocycles. The summed E-state index contributed by atoms with van der Waals surface area (Å²) in [7, 11) is 1.90. The van der Waals surface area contributed by atoms with Gasteiger partial charge >= 0.3 is 0 Å². The summed E-state index contributed by atoms with van der Waals surface area (Å²) in [5, 5.41) is 4.68. The Bertz CT molecular complexity index is 1180. The van der Waals surface area contributed by atoms with Crippen LogP contribution in [0.25, 0.3) is 22.3 Å². The smallest absolute Gasteiger partial charge is 0.253 e. The number of aryl methyl sites for hydroxylation is 1. The second-order valence-corrected chi connectivity index (χ2v) is 6.74. The number of hydrogen-bond acceptors (Lipinski definition) is 5. The van der Waals surface area contributed by atoms with E-state index in [1.165, 1.54) is 0 Å². The molecule has 2 N–H and O–H groups in total. The maximum absolute atomic E-state index is 12.5. The lowest BCUT2D eigenvalue weighted by molar-refractivity contribution is 0.844. The van der Waals surface area contributed by atoms with Crippen molar-refractivity contribution in [2.24, 2.45) is 7.05 Å². The van der Waals surface area contributed by atoms with Crippen molar-refractivity contribution >= 4 is 28.5 Å². The minimum atomic E-state index is -0.293. The SMILES string of the molecule is C[C@H](Nc1nccc(-c2cncn2C)n1)c1cc2cc(Cl)ccc2[nH]c1=O. The standard InChI is InChI=1S/C19H17ClN6O/c1-11(14-8-12-7-13(20)3-4-15(12)24-18(14)27)23-19-22-6-5-16(25-19)17-9-21-10-26(17)2/h3-11H,1-2H3,(H,24,27)(H,22,23,25)/t11-/m0/s1. The van der Waals surface area contributed by atoms with Gasteiger partial charge < -0.3 is 14.9 Å². The highest BCUT2D eigenvalue weighted by molar-refractivity contribution is 6.31. The number of nitrogens with one attached hydrogen (secondary N) is 2. The van der Waals surface area contributed by atoms with Crippen LogP contribution in [-0.4, -0.2) is 24.5 Å². The lowest BCUT2D eigenvalue weighted by Crippen LogP contribution is -2.20. The van der Waals surface area contributed by atoms with Gasteiger partial charge in [-0.1, -0.05) is 11.6 Å². The van der Waals surface area contributed by atoms with Crippen LogP contribution < -0.4 is 10.9 Å². The van der Waals surface area contributed by atoms with E-state index < -0.39 is 0 Å². The van der Waals surface area contributed by atoms with Crippen LogP contribution in [0.2, 0.25) is 5.02 Å². The number of rotatable bonds is 4. The molecule has 0 bridgehead atoms. The van der Waals surface area contributed by atoms with Gasteiger partial charge in [0, 0.05) is 34.7 Å². The van der Waals surface area contributed by atoms with Gasteiger partial charge in [0.2, 0.25) is 5.95 Å². The molecule has 0 aliphatic rings. The fraction of sp³-hybridized carbons (Fsp3) is 0.158. The molecule has 1 atom stereocenters. The first-order valence-electron chi connectivity index (χ1n) is 8.40. The third kappa shape index (κ3) is 3.41. The molecule has 136 valence electrons. The number of fused-ring (bicyclic) bond motifs is 1. The highest BCUT2D eigenvalue weighted by Gasteiger charge is 2.14. The summed E-state index contributed by atoms with van der Waals surface area (Å²) in [5.41, 5.74) is 2.80. The molecule has 4 aromatic rings. The van der Waals surface area contributed by atoms with Gasteiger partial charge in [0.05, 0.1) is 30.0 Å². The first-order chi connectivity index (χ1) is 13.0. The number of aromatic amines is 1. The quantitative estimate of drug-likeness (QED) is 0.565. The molecule has 0 spiro atoms. The number of H-pyrrole nitrogens is 1. The molecule has 7 nitrogen and oxygen atoms in total. The molecule has 3 aromatic heterocycles. The molecule has 0 fully saturated rings. The summed E-state index contributed by atoms with van der Waals surface area (Å²) in [6, 6.07) is 8.72. The lowest BCUT2D eigenvalue weighted by Gasteiger charge is -2.14. The Hall–Kier alpha value is -3.19. The molecule has 0 aliphatic carbocycles. The molecule has 4 rings (SSSR count). The Morgan fingerprint density at radius 3 is 2.89 bits per heavy atom. The van der Waals surface area contributed by atoms with Crippen LogP contribution >= 0.6 is 11.6 Å². The summed E-state index contributed by atoms with van der Waals surface area (Å²) in [6.07, 6.45) is 5.13. The van der Waals surface area contributed by atoms with E-state index in [0.29, 0.717) is 16.5 Å². The topological polar surface area (TPSA) is 88.5 Å². The summed E-state index contributed by atoms with van der Waals surface area (Å²) < 4.78 is 1.88. The Morgan fingerprint density at radius 1 is 1.26 bits per heavy atom. The third-order valence-corrected chi connectivity index (χ3v) is 4.62. The molecule has 1 aromatic carbocycles. The Balaban J connectivity index is 1.65. The normalized spacial score (nSPS) is 12.3. The van der Waals surface area contributed by atoms with Gasteiger partial charge in [-0.25, -0.2) is 15.0 Å². The van der Waals surface area contributed by atoms with Crippen molar-refractivity contribution in [1.29, 1.82) is 0 Å². The zero-order valence-electron chi connectivity index (χ0n) is 14.8. The Morgan fingerprint density at radius 2 is 2.11 bits per heavy atom. The molecular formula is C19H17ClN6O. The van der Waals surface area contributed by atoms with Crippen LogP contribution in [0, 0.1) is 0 Å². The van der Waals surface area contributed by atoms with Crippen molar-refractivity contribution in [3.8, 4) is 11.4 Å². The highest BCUT2D eigenvalue weighted by Crippen LogP contribution is 2.22. The number of hydrogen-bond donors (Lipinski definition) is 2. The number of aromatic nitrogens is 5. The van der Waals surface area contributed by atoms with Gasteiger partial charge in [-0.15, -0.1) is 0 Å². The molecule has 27 heavy (non-hydrogen) atoms. The maximum atomic E-state index is 12.5. The van der Waals surface area contributed by atoms with E-state index in [0.717, 1.165) is 22.3 Å². The lowest BCUT2D eigenvalue weighted by atomic mass is 10.1. The zero-order valence-corrected chi connectivity index (χ0v) is 15.5. The number of pyridine rings is 1. The van der Waals surface area contributed by atoms with Gasteiger partial charge in [-0.05, 0) is 37.3 Å². The Labute approximate surface area is 160 Å². The molecule has 0 unspecified atom stereocenters. The molecule has 0 amide bonds. The van der Waals surface area contributed by atoms with Crippen molar-refractivity contribution in [2.75, 3.05) is 5.32 Å². The number of imidazole rings is 1. The average molecular weight is 381 g/mol. The third-order valence-electron chi connectivity index (χ3n) is 4.38. The van der Waals surface area contributed by atoms with Crippen molar-refractivity contribution < 1.29 is 0 Å². The number of benzene rings is 1. The zero-order chi connectivity index (χ0) is 19.0. The molecule has 0 saturated heterocycles. The van der Waals surface area contributed by atoms with Crippen LogP contribution in [0.4, 0.5) is 5.95 Å². The van der Waals surface area contributed by atoms with Crippen molar-refractivity contribution in [3.05, 3.63) is 70.0 Å². The molecule has 0 saturated carbocycles. The highest BCUT2D eigenvalue weighted by atomic mass is 35.5. The van der Waals surface area contributed by atoms with Crippen molar-refractivity contribution in [3.63, 3.8) is 0 Å². The minimum absolute atomic E-state index is 0.160. The van der Waals surface area contributed by atoms with Gasteiger partial charge in [-0.2, -0.15) is 0 Å². The summed E-state index contributed by atoms with van der Waals surface area (Å²) >= 11 is 6.06. The fourth-order valence-electron chi connectivity index (χ4n) is 2.96. The average Bonchev–Trinajstić information content (AvgIpc) is 3.07. The predicted octanol–water partition coefficient (Wildman–Crippen LogP) is 3.55. The molecule has 0 radical (unpaired) electrons. The summed E-state index contributed by atoms with van der Waals surface area (Å²) in [4.78, 5) is 28.3. The van der Waals surface area contributed by atoms with Crippen molar-refractivity contribution in [2.45, 2.75) is 13.0 Å². The summed E-state index contributed by atoms with van der Waals surface area (Å²) in [5.74, 6) is 0.437. The monoisotopic (exact) mass is 380 g/mol. The minimum Gasteiger partial charge on any atom is -0.347 e. The first kappa shape index (κ1) is 17.2. The molecule has 8 heteroatoms. The maximum Gasteiger partial charge on any atom is 0.253 e. The fourth-order valence-corrected chi connectivity index (χ4v) is 3.14. The van der Waals surface area contributed by atoms with Gasteiger partial charge in [0.15, 0.2) is 0 Å². The van der Waals surface area contributed by atoms with Crippen LogP contribution in [0.3, 0.4) is 0 Å². The van der Waals surface area contributed by atoms with Gasteiger partial charge in [-0.3, -0.25) is 4.79 Å². The largest absolute Gasteiger partial charge is 0.347 e. The van der Waals surface area contributed by atoms with E-state index in [9.17, 15) is 4.79 Å². The number of nitrogens with zero attached hydrogens (tertiary/aromatic N) is 4. The second kappa shape index (κ2) is 6.85. The molecular weight excluding hydrogens is 364 g/mol.